The molecule has 36 heavy (non-hydrogen) atoms. The predicted molar refractivity (Wildman–Crippen MR) is 124 cm³/mol. The van der Waals surface area contributed by atoms with E-state index in [1.165, 1.54) is 0 Å². The Kier molecular flexibility index (Phi) is 7.77. The average Bonchev–Trinajstić information content (AvgIpc) is 3.24. The van der Waals surface area contributed by atoms with Crippen LogP contribution >= 0.6 is 0 Å². The van der Waals surface area contributed by atoms with Crippen molar-refractivity contribution in [3.8, 4) is 17.0 Å². The Bertz CT molecular complexity index is 1230. The maximum atomic E-state index is 13.7. The van der Waals surface area contributed by atoms with Crippen molar-refractivity contribution in [1.82, 2.24) is 20.1 Å². The highest BCUT2D eigenvalue weighted by Gasteiger charge is 2.28. The van der Waals surface area contributed by atoms with Gasteiger partial charge in [-0.3, -0.25) is 14.5 Å². The first-order valence-corrected chi connectivity index (χ1v) is 11.5. The number of aryl methyl sites for hydroxylation is 1. The van der Waals surface area contributed by atoms with Crippen LogP contribution in [-0.4, -0.2) is 38.0 Å². The molecule has 190 valence electrons. The lowest BCUT2D eigenvalue weighted by atomic mass is 9.87. The first kappa shape index (κ1) is 25.1. The zero-order chi connectivity index (χ0) is 25.7. The van der Waals surface area contributed by atoms with E-state index in [2.05, 4.69) is 15.4 Å². The summed E-state index contributed by atoms with van der Waals surface area (Å²) in [6.45, 7) is -0.347. The van der Waals surface area contributed by atoms with Crippen molar-refractivity contribution in [2.45, 2.75) is 44.9 Å². The molecule has 1 aliphatic rings. The van der Waals surface area contributed by atoms with E-state index in [-0.39, 0.29) is 24.1 Å². The number of carboxylic acid groups (broad SMARTS) is 1. The minimum atomic E-state index is -0.797. The van der Waals surface area contributed by atoms with Crippen LogP contribution in [0.25, 0.3) is 11.3 Å². The van der Waals surface area contributed by atoms with Crippen molar-refractivity contribution in [3.63, 3.8) is 0 Å². The number of hydrogen-bond acceptors (Lipinski definition) is 6. The van der Waals surface area contributed by atoms with Gasteiger partial charge in [0.15, 0.2) is 0 Å². The fraction of sp³-hybridized carbons (Fsp3) is 0.360. The number of carboxylic acids is 1. The summed E-state index contributed by atoms with van der Waals surface area (Å²) in [5, 5.41) is 16.1. The van der Waals surface area contributed by atoms with E-state index in [0.29, 0.717) is 35.5 Å². The molecule has 0 aliphatic heterocycles. The molecule has 2 atom stereocenters. The van der Waals surface area contributed by atoms with Gasteiger partial charge in [-0.05, 0) is 56.0 Å². The minimum absolute atomic E-state index is 0.0644. The van der Waals surface area contributed by atoms with Crippen LogP contribution in [-0.2, 0) is 29.7 Å². The molecule has 0 spiro atoms. The molecule has 11 heteroatoms. The van der Waals surface area contributed by atoms with Crippen LogP contribution in [0.5, 0.6) is 5.75 Å². The highest BCUT2D eigenvalue weighted by atomic mass is 19.1. The first-order chi connectivity index (χ1) is 17.3. The SMILES string of the molecule is Cn1ncc(-c2ccc(O[C@H]3CCC[C@H](C(=O)O)C3)cn2)c1CNC(=O)OCc1cc(F)ccc1F. The number of amides is 1. The summed E-state index contributed by atoms with van der Waals surface area (Å²) >= 11 is 0. The van der Waals surface area contributed by atoms with Crippen LogP contribution in [0.2, 0.25) is 0 Å². The van der Waals surface area contributed by atoms with Crippen molar-refractivity contribution in [3.05, 3.63) is 65.6 Å². The number of nitrogens with zero attached hydrogens (tertiary/aromatic N) is 3. The van der Waals surface area contributed by atoms with E-state index in [0.717, 1.165) is 31.0 Å². The molecule has 1 amide bonds. The van der Waals surface area contributed by atoms with Gasteiger partial charge in [0.25, 0.3) is 0 Å². The van der Waals surface area contributed by atoms with Gasteiger partial charge in [-0.25, -0.2) is 13.6 Å². The van der Waals surface area contributed by atoms with E-state index >= 15 is 0 Å². The third-order valence-electron chi connectivity index (χ3n) is 6.12. The summed E-state index contributed by atoms with van der Waals surface area (Å²) < 4.78 is 39.5. The number of ether oxygens (including phenoxy) is 2. The summed E-state index contributed by atoms with van der Waals surface area (Å²) in [4.78, 5) is 27.8. The van der Waals surface area contributed by atoms with Crippen molar-refractivity contribution in [1.29, 1.82) is 0 Å². The molecular formula is C25H26F2N4O5. The molecular weight excluding hydrogens is 474 g/mol. The molecule has 0 saturated heterocycles. The van der Waals surface area contributed by atoms with Crippen LogP contribution < -0.4 is 10.1 Å². The summed E-state index contributed by atoms with van der Waals surface area (Å²) in [5.74, 6) is -1.92. The van der Waals surface area contributed by atoms with Gasteiger partial charge in [-0.1, -0.05) is 0 Å². The Labute approximate surface area is 206 Å². The molecule has 4 rings (SSSR count). The fourth-order valence-electron chi connectivity index (χ4n) is 4.17. The zero-order valence-corrected chi connectivity index (χ0v) is 19.6. The fourth-order valence-corrected chi connectivity index (χ4v) is 4.17. The molecule has 9 nitrogen and oxygen atoms in total. The molecule has 1 aromatic carbocycles. The van der Waals surface area contributed by atoms with Crippen molar-refractivity contribution >= 4 is 12.1 Å². The molecule has 0 radical (unpaired) electrons. The number of aliphatic carboxylic acids is 1. The van der Waals surface area contributed by atoms with E-state index in [1.807, 2.05) is 0 Å². The lowest BCUT2D eigenvalue weighted by Crippen LogP contribution is -2.29. The molecule has 0 bridgehead atoms. The van der Waals surface area contributed by atoms with Crippen molar-refractivity contribution in [2.24, 2.45) is 13.0 Å². The van der Waals surface area contributed by atoms with E-state index in [9.17, 15) is 23.5 Å². The topological polar surface area (TPSA) is 116 Å². The Morgan fingerprint density at radius 1 is 1.19 bits per heavy atom. The minimum Gasteiger partial charge on any atom is -0.489 e. The zero-order valence-electron chi connectivity index (χ0n) is 19.6. The van der Waals surface area contributed by atoms with Gasteiger partial charge in [0.2, 0.25) is 0 Å². The maximum absolute atomic E-state index is 13.7. The van der Waals surface area contributed by atoms with Crippen LogP contribution in [0.4, 0.5) is 13.6 Å². The second-order valence-corrected chi connectivity index (χ2v) is 8.61. The van der Waals surface area contributed by atoms with Crippen LogP contribution in [0.3, 0.4) is 0 Å². The number of halogens is 2. The number of hydrogen-bond donors (Lipinski definition) is 2. The second-order valence-electron chi connectivity index (χ2n) is 8.61. The van der Waals surface area contributed by atoms with Gasteiger partial charge in [0.05, 0.1) is 42.3 Å². The van der Waals surface area contributed by atoms with Crippen molar-refractivity contribution < 1.29 is 33.0 Å². The van der Waals surface area contributed by atoms with Crippen LogP contribution in [0.15, 0.2) is 42.7 Å². The number of pyridine rings is 1. The lowest BCUT2D eigenvalue weighted by Gasteiger charge is -2.27. The van der Waals surface area contributed by atoms with Gasteiger partial charge in [-0.2, -0.15) is 5.10 Å². The third kappa shape index (κ3) is 6.15. The van der Waals surface area contributed by atoms with E-state index < -0.39 is 30.3 Å². The number of carbonyl (C=O) groups excluding carboxylic acids is 1. The molecule has 3 aromatic rings. The quantitative estimate of drug-likeness (QED) is 0.476. The van der Waals surface area contributed by atoms with E-state index in [4.69, 9.17) is 9.47 Å². The highest BCUT2D eigenvalue weighted by Crippen LogP contribution is 2.29. The average molecular weight is 501 g/mol. The van der Waals surface area contributed by atoms with Crippen LogP contribution in [0.1, 0.15) is 36.9 Å². The predicted octanol–water partition coefficient (Wildman–Crippen LogP) is 4.21. The maximum Gasteiger partial charge on any atom is 0.407 e. The van der Waals surface area contributed by atoms with Gasteiger partial charge in [0.1, 0.15) is 24.0 Å². The summed E-state index contributed by atoms with van der Waals surface area (Å²) in [7, 11) is 1.72. The van der Waals surface area contributed by atoms with Crippen molar-refractivity contribution in [2.75, 3.05) is 0 Å². The monoisotopic (exact) mass is 500 g/mol. The van der Waals surface area contributed by atoms with E-state index in [1.54, 1.807) is 36.3 Å². The summed E-state index contributed by atoms with van der Waals surface area (Å²) in [5.41, 5.74) is 1.88. The third-order valence-corrected chi connectivity index (χ3v) is 6.12. The molecule has 2 N–H and O–H groups in total. The molecule has 2 heterocycles. The number of rotatable bonds is 8. The number of alkyl carbamates (subject to hydrolysis) is 1. The normalized spacial score (nSPS) is 17.4. The molecule has 1 fully saturated rings. The molecule has 1 saturated carbocycles. The molecule has 0 unspecified atom stereocenters. The lowest BCUT2D eigenvalue weighted by molar-refractivity contribution is -0.143. The highest BCUT2D eigenvalue weighted by molar-refractivity contribution is 5.70. The van der Waals surface area contributed by atoms with Gasteiger partial charge in [-0.15, -0.1) is 0 Å². The Balaban J connectivity index is 1.35. The van der Waals surface area contributed by atoms with Gasteiger partial charge in [0, 0.05) is 18.2 Å². The number of nitrogens with one attached hydrogen (secondary N) is 1. The Hall–Kier alpha value is -4.02. The summed E-state index contributed by atoms with van der Waals surface area (Å²) in [6.07, 6.45) is 4.96. The van der Waals surface area contributed by atoms with Gasteiger partial charge >= 0.3 is 12.1 Å². The van der Waals surface area contributed by atoms with Crippen LogP contribution in [0, 0.1) is 17.6 Å². The number of carbonyl (C=O) groups is 2. The standard InChI is InChI=1S/C25H26F2N4O5/c1-31-23(13-29-25(34)35-14-16-9-17(26)5-7-21(16)27)20(12-30-31)22-8-6-19(11-28-22)36-18-4-2-3-15(10-18)24(32)33/h5-9,11-12,15,18H,2-4,10,13-14H2,1H3,(H,29,34)(H,32,33)/t15-,18-/m0/s1. The Morgan fingerprint density at radius 2 is 2.03 bits per heavy atom. The smallest absolute Gasteiger partial charge is 0.407 e. The molecule has 2 aromatic heterocycles. The first-order valence-electron chi connectivity index (χ1n) is 11.5. The number of aromatic nitrogens is 3. The second kappa shape index (κ2) is 11.1. The summed E-state index contributed by atoms with van der Waals surface area (Å²) in [6, 6.07) is 6.45. The molecule has 1 aliphatic carbocycles. The number of benzene rings is 1. The van der Waals surface area contributed by atoms with Gasteiger partial charge < -0.3 is 19.9 Å². The Morgan fingerprint density at radius 3 is 2.78 bits per heavy atom. The largest absolute Gasteiger partial charge is 0.489 e.